The van der Waals surface area contributed by atoms with E-state index in [0.29, 0.717) is 5.56 Å². The Morgan fingerprint density at radius 3 is 2.00 bits per heavy atom. The van der Waals surface area contributed by atoms with Crippen molar-refractivity contribution < 1.29 is 10.2 Å². The summed E-state index contributed by atoms with van der Waals surface area (Å²) in [6.45, 7) is 6.37. The average Bonchev–Trinajstić information content (AvgIpc) is 2.46. The van der Waals surface area contributed by atoms with Crippen LogP contribution in [0.5, 0.6) is 11.5 Å². The second-order valence-corrected chi connectivity index (χ2v) is 5.01. The number of aromatic hydroxyl groups is 2. The monoisotopic (exact) mass is 270 g/mol. The van der Waals surface area contributed by atoms with Gasteiger partial charge in [0, 0.05) is 0 Å². The van der Waals surface area contributed by atoms with Crippen LogP contribution in [0.1, 0.15) is 37.5 Å². The van der Waals surface area contributed by atoms with Crippen molar-refractivity contribution >= 4 is 0 Å². The molecule has 0 unspecified atom stereocenters. The van der Waals surface area contributed by atoms with Crippen LogP contribution in [-0.2, 0) is 19.3 Å². The normalized spacial score (nSPS) is 10.8. The Bertz CT molecular complexity index is 595. The Balaban J connectivity index is 2.78. The predicted octanol–water partition coefficient (Wildman–Crippen LogP) is 4.45. The van der Waals surface area contributed by atoms with Gasteiger partial charge >= 0.3 is 0 Å². The summed E-state index contributed by atoms with van der Waals surface area (Å²) in [5.41, 5.74) is 5.25. The molecule has 0 aliphatic heterocycles. The van der Waals surface area contributed by atoms with Crippen molar-refractivity contribution in [1.82, 2.24) is 0 Å². The summed E-state index contributed by atoms with van der Waals surface area (Å²) >= 11 is 0. The van der Waals surface area contributed by atoms with Gasteiger partial charge < -0.3 is 10.2 Å². The second-order valence-electron chi connectivity index (χ2n) is 5.01. The number of benzene rings is 2. The van der Waals surface area contributed by atoms with E-state index in [2.05, 4.69) is 32.9 Å². The Kier molecular flexibility index (Phi) is 4.33. The summed E-state index contributed by atoms with van der Waals surface area (Å²) in [5.74, 6) is 0.269. The number of phenols is 2. The largest absolute Gasteiger partial charge is 0.507 e. The van der Waals surface area contributed by atoms with E-state index >= 15 is 0 Å². The number of phenolic OH excluding ortho intramolecular Hbond substituents is 2. The molecule has 0 amide bonds. The Morgan fingerprint density at radius 2 is 1.50 bits per heavy atom. The fraction of sp³-hybridized carbons (Fsp3) is 0.333. The van der Waals surface area contributed by atoms with E-state index in [4.69, 9.17) is 0 Å². The first kappa shape index (κ1) is 14.4. The van der Waals surface area contributed by atoms with Gasteiger partial charge in [0.05, 0.1) is 5.56 Å². The summed E-state index contributed by atoms with van der Waals surface area (Å²) in [6.07, 6.45) is 2.78. The SMILES string of the molecule is CCc1cc(CC)c(CC)c(-c2c(O)cccc2O)c1. The second kappa shape index (κ2) is 6.00. The lowest BCUT2D eigenvalue weighted by Gasteiger charge is -2.17. The van der Waals surface area contributed by atoms with Crippen LogP contribution in [0.2, 0.25) is 0 Å². The van der Waals surface area contributed by atoms with E-state index in [9.17, 15) is 10.2 Å². The molecule has 2 rings (SSSR count). The molecule has 20 heavy (non-hydrogen) atoms. The maximum atomic E-state index is 10.1. The fourth-order valence-corrected chi connectivity index (χ4v) is 2.76. The van der Waals surface area contributed by atoms with Crippen LogP contribution < -0.4 is 0 Å². The van der Waals surface area contributed by atoms with Crippen LogP contribution in [0.3, 0.4) is 0 Å². The van der Waals surface area contributed by atoms with Crippen molar-refractivity contribution in [2.24, 2.45) is 0 Å². The molecular weight excluding hydrogens is 248 g/mol. The van der Waals surface area contributed by atoms with Crippen molar-refractivity contribution in [3.05, 3.63) is 47.0 Å². The Hall–Kier alpha value is -1.96. The number of hydrogen-bond acceptors (Lipinski definition) is 2. The summed E-state index contributed by atoms with van der Waals surface area (Å²) < 4.78 is 0. The molecule has 0 aliphatic rings. The van der Waals surface area contributed by atoms with E-state index in [0.717, 1.165) is 24.8 Å². The summed E-state index contributed by atoms with van der Waals surface area (Å²) in [6, 6.07) is 9.23. The molecule has 0 bridgehead atoms. The number of rotatable bonds is 4. The first-order valence-corrected chi connectivity index (χ1v) is 7.28. The van der Waals surface area contributed by atoms with Crippen LogP contribution in [0, 0.1) is 0 Å². The molecule has 0 aromatic heterocycles. The summed E-state index contributed by atoms with van der Waals surface area (Å²) in [7, 11) is 0. The van der Waals surface area contributed by atoms with Gasteiger partial charge in [0.25, 0.3) is 0 Å². The van der Waals surface area contributed by atoms with Crippen LogP contribution in [-0.4, -0.2) is 10.2 Å². The van der Waals surface area contributed by atoms with Gasteiger partial charge in [-0.1, -0.05) is 39.0 Å². The van der Waals surface area contributed by atoms with Gasteiger partial charge in [-0.15, -0.1) is 0 Å². The van der Waals surface area contributed by atoms with Gasteiger partial charge in [0.2, 0.25) is 0 Å². The van der Waals surface area contributed by atoms with Gasteiger partial charge in [0.15, 0.2) is 0 Å². The molecule has 2 aromatic carbocycles. The van der Waals surface area contributed by atoms with Gasteiger partial charge in [-0.2, -0.15) is 0 Å². The van der Waals surface area contributed by atoms with Gasteiger partial charge in [-0.3, -0.25) is 0 Å². The molecule has 0 aliphatic carbocycles. The highest BCUT2D eigenvalue weighted by molar-refractivity contribution is 5.80. The van der Waals surface area contributed by atoms with Gasteiger partial charge in [-0.25, -0.2) is 0 Å². The van der Waals surface area contributed by atoms with E-state index in [1.807, 2.05) is 0 Å². The molecule has 0 heterocycles. The lowest BCUT2D eigenvalue weighted by Crippen LogP contribution is -1.98. The van der Waals surface area contributed by atoms with Crippen molar-refractivity contribution in [1.29, 1.82) is 0 Å². The van der Waals surface area contributed by atoms with E-state index < -0.39 is 0 Å². The van der Waals surface area contributed by atoms with Gasteiger partial charge in [-0.05, 0) is 53.6 Å². The van der Waals surface area contributed by atoms with E-state index in [1.54, 1.807) is 18.2 Å². The molecule has 2 heteroatoms. The molecule has 2 N–H and O–H groups in total. The molecule has 2 aromatic rings. The van der Waals surface area contributed by atoms with Crippen molar-refractivity contribution in [3.63, 3.8) is 0 Å². The van der Waals surface area contributed by atoms with Crippen LogP contribution in [0.15, 0.2) is 30.3 Å². The highest BCUT2D eigenvalue weighted by Crippen LogP contribution is 2.40. The third-order valence-electron chi connectivity index (χ3n) is 3.83. The van der Waals surface area contributed by atoms with Crippen LogP contribution >= 0.6 is 0 Å². The standard InChI is InChI=1S/C18H22O2/c1-4-12-10-13(5-2)14(6-3)15(11-12)18-16(19)8-7-9-17(18)20/h7-11,19-20H,4-6H2,1-3H3. The van der Waals surface area contributed by atoms with Gasteiger partial charge in [0.1, 0.15) is 11.5 Å². The maximum absolute atomic E-state index is 10.1. The van der Waals surface area contributed by atoms with Crippen molar-refractivity contribution in [2.45, 2.75) is 40.0 Å². The third kappa shape index (κ3) is 2.51. The molecule has 0 radical (unpaired) electrons. The minimum Gasteiger partial charge on any atom is -0.507 e. The topological polar surface area (TPSA) is 40.5 Å². The van der Waals surface area contributed by atoms with E-state index in [-0.39, 0.29) is 11.5 Å². The third-order valence-corrected chi connectivity index (χ3v) is 3.83. The Morgan fingerprint density at radius 1 is 0.850 bits per heavy atom. The molecule has 0 saturated heterocycles. The molecule has 0 atom stereocenters. The lowest BCUT2D eigenvalue weighted by molar-refractivity contribution is 0.454. The molecule has 0 spiro atoms. The van der Waals surface area contributed by atoms with Crippen molar-refractivity contribution in [3.8, 4) is 22.6 Å². The fourth-order valence-electron chi connectivity index (χ4n) is 2.76. The zero-order valence-corrected chi connectivity index (χ0v) is 12.4. The maximum Gasteiger partial charge on any atom is 0.127 e. The zero-order valence-electron chi connectivity index (χ0n) is 12.4. The average molecular weight is 270 g/mol. The minimum atomic E-state index is 0.134. The van der Waals surface area contributed by atoms with Crippen LogP contribution in [0.25, 0.3) is 11.1 Å². The van der Waals surface area contributed by atoms with Crippen molar-refractivity contribution in [2.75, 3.05) is 0 Å². The zero-order chi connectivity index (χ0) is 14.7. The Labute approximate surface area is 120 Å². The number of aryl methyl sites for hydroxylation is 2. The minimum absolute atomic E-state index is 0.134. The molecule has 106 valence electrons. The first-order chi connectivity index (χ1) is 9.62. The number of hydrogen-bond donors (Lipinski definition) is 2. The quantitative estimate of drug-likeness (QED) is 0.861. The smallest absolute Gasteiger partial charge is 0.127 e. The molecule has 0 saturated carbocycles. The lowest BCUT2D eigenvalue weighted by atomic mass is 9.89. The predicted molar refractivity (Wildman–Crippen MR) is 83.3 cm³/mol. The highest BCUT2D eigenvalue weighted by Gasteiger charge is 2.16. The summed E-state index contributed by atoms with van der Waals surface area (Å²) in [4.78, 5) is 0. The molecular formula is C18H22O2. The summed E-state index contributed by atoms with van der Waals surface area (Å²) in [5, 5.41) is 20.3. The molecule has 2 nitrogen and oxygen atoms in total. The first-order valence-electron chi connectivity index (χ1n) is 7.28. The molecule has 0 fully saturated rings. The van der Waals surface area contributed by atoms with E-state index in [1.165, 1.54) is 16.7 Å². The van der Waals surface area contributed by atoms with Crippen LogP contribution in [0.4, 0.5) is 0 Å². The highest BCUT2D eigenvalue weighted by atomic mass is 16.3.